The van der Waals surface area contributed by atoms with Gasteiger partial charge in [0.2, 0.25) is 0 Å². The van der Waals surface area contributed by atoms with Crippen LogP contribution in [0.2, 0.25) is 0 Å². The molecule has 1 aliphatic rings. The first-order chi connectivity index (χ1) is 5.77. The molecular formula is C8H12N2O2. The first-order valence-electron chi connectivity index (χ1n) is 3.95. The van der Waals surface area contributed by atoms with Crippen LogP contribution < -0.4 is 0 Å². The third-order valence-electron chi connectivity index (χ3n) is 2.10. The van der Waals surface area contributed by atoms with Gasteiger partial charge in [-0.2, -0.15) is 5.26 Å². The highest BCUT2D eigenvalue weighted by molar-refractivity contribution is 5.72. The van der Waals surface area contributed by atoms with Crippen molar-refractivity contribution in [2.45, 2.75) is 6.42 Å². The summed E-state index contributed by atoms with van der Waals surface area (Å²) in [6, 6.07) is 2.06. The number of methoxy groups -OCH3 is 1. The molecule has 1 rings (SSSR count). The Labute approximate surface area is 71.7 Å². The molecule has 1 unspecified atom stereocenters. The number of hydrogen-bond donors (Lipinski definition) is 0. The summed E-state index contributed by atoms with van der Waals surface area (Å²) in [5, 5.41) is 8.40. The normalized spacial score (nSPS) is 23.5. The van der Waals surface area contributed by atoms with Crippen molar-refractivity contribution >= 4 is 5.97 Å². The van der Waals surface area contributed by atoms with Crippen molar-refractivity contribution in [1.29, 1.82) is 5.26 Å². The molecule has 1 atom stereocenters. The quantitative estimate of drug-likeness (QED) is 0.430. The molecular weight excluding hydrogens is 156 g/mol. The molecule has 4 nitrogen and oxygen atoms in total. The molecule has 0 saturated carbocycles. The predicted octanol–water partition coefficient (Wildman–Crippen LogP) is 0.00488. The number of carbonyl (C=O) groups excluding carboxylic acids is 1. The van der Waals surface area contributed by atoms with Crippen molar-refractivity contribution in [2.24, 2.45) is 5.92 Å². The molecule has 0 aromatic rings. The van der Waals surface area contributed by atoms with Crippen LogP contribution in [0.25, 0.3) is 0 Å². The van der Waals surface area contributed by atoms with Crippen molar-refractivity contribution in [2.75, 3.05) is 26.7 Å². The third-order valence-corrected chi connectivity index (χ3v) is 2.10. The summed E-state index contributed by atoms with van der Waals surface area (Å²) in [5.41, 5.74) is 0. The molecule has 0 aromatic heterocycles. The van der Waals surface area contributed by atoms with Gasteiger partial charge in [-0.25, -0.2) is 0 Å². The van der Waals surface area contributed by atoms with Gasteiger partial charge in [0.05, 0.1) is 25.6 Å². The Morgan fingerprint density at radius 1 is 1.83 bits per heavy atom. The van der Waals surface area contributed by atoms with Gasteiger partial charge in [-0.15, -0.1) is 0 Å². The van der Waals surface area contributed by atoms with Gasteiger partial charge in [0.1, 0.15) is 0 Å². The molecule has 1 saturated heterocycles. The van der Waals surface area contributed by atoms with E-state index in [4.69, 9.17) is 5.26 Å². The van der Waals surface area contributed by atoms with E-state index in [9.17, 15) is 4.79 Å². The Balaban J connectivity index is 2.36. The number of carbonyl (C=O) groups is 1. The topological polar surface area (TPSA) is 53.3 Å². The molecule has 0 N–H and O–H groups in total. The molecule has 1 fully saturated rings. The van der Waals surface area contributed by atoms with Gasteiger partial charge in [-0.3, -0.25) is 9.69 Å². The van der Waals surface area contributed by atoms with Crippen LogP contribution in [0.1, 0.15) is 6.42 Å². The van der Waals surface area contributed by atoms with Gasteiger partial charge in [0.25, 0.3) is 0 Å². The Morgan fingerprint density at radius 2 is 2.58 bits per heavy atom. The van der Waals surface area contributed by atoms with Gasteiger partial charge in [0.15, 0.2) is 0 Å². The number of esters is 1. The second-order valence-electron chi connectivity index (χ2n) is 2.90. The lowest BCUT2D eigenvalue weighted by Crippen LogP contribution is -2.24. The maximum atomic E-state index is 11.0. The Kier molecular flexibility index (Phi) is 3.06. The fraction of sp³-hybridized carbons (Fsp3) is 0.750. The summed E-state index contributed by atoms with van der Waals surface area (Å²) < 4.78 is 4.61. The third kappa shape index (κ3) is 1.95. The number of nitriles is 1. The second kappa shape index (κ2) is 4.07. The lowest BCUT2D eigenvalue weighted by atomic mass is 10.1. The van der Waals surface area contributed by atoms with Crippen LogP contribution in [0.4, 0.5) is 0 Å². The average Bonchev–Trinajstić information content (AvgIpc) is 2.52. The van der Waals surface area contributed by atoms with Crippen LogP contribution in [0, 0.1) is 17.2 Å². The van der Waals surface area contributed by atoms with E-state index in [2.05, 4.69) is 10.8 Å². The van der Waals surface area contributed by atoms with Crippen molar-refractivity contribution in [3.63, 3.8) is 0 Å². The van der Waals surface area contributed by atoms with E-state index in [-0.39, 0.29) is 11.9 Å². The van der Waals surface area contributed by atoms with Gasteiger partial charge >= 0.3 is 5.97 Å². The summed E-state index contributed by atoms with van der Waals surface area (Å²) in [6.45, 7) is 1.90. The molecule has 0 spiro atoms. The summed E-state index contributed by atoms with van der Waals surface area (Å²) in [5.74, 6) is -0.182. The molecule has 12 heavy (non-hydrogen) atoms. The largest absolute Gasteiger partial charge is 0.469 e. The lowest BCUT2D eigenvalue weighted by molar-refractivity contribution is -0.144. The number of hydrogen-bond acceptors (Lipinski definition) is 4. The summed E-state index contributed by atoms with van der Waals surface area (Å²) >= 11 is 0. The van der Waals surface area contributed by atoms with Crippen LogP contribution in [0.15, 0.2) is 0 Å². The minimum absolute atomic E-state index is 0.0247. The van der Waals surface area contributed by atoms with Gasteiger partial charge in [-0.1, -0.05) is 0 Å². The van der Waals surface area contributed by atoms with Crippen LogP contribution in [-0.4, -0.2) is 37.6 Å². The number of rotatable bonds is 2. The summed E-state index contributed by atoms with van der Waals surface area (Å²) in [4.78, 5) is 13.0. The van der Waals surface area contributed by atoms with Crippen molar-refractivity contribution in [1.82, 2.24) is 4.90 Å². The highest BCUT2D eigenvalue weighted by Gasteiger charge is 2.28. The number of likely N-dealkylation sites (tertiary alicyclic amines) is 1. The van der Waals surface area contributed by atoms with Crippen molar-refractivity contribution in [3.8, 4) is 6.07 Å². The molecule has 0 bridgehead atoms. The predicted molar refractivity (Wildman–Crippen MR) is 42.2 cm³/mol. The van der Waals surface area contributed by atoms with Crippen molar-refractivity contribution in [3.05, 3.63) is 0 Å². The van der Waals surface area contributed by atoms with Gasteiger partial charge in [0, 0.05) is 13.1 Å². The SMILES string of the molecule is COC(=O)C1CCN(CC#N)C1. The first kappa shape index (κ1) is 9.01. The van der Waals surface area contributed by atoms with Crippen LogP contribution in [-0.2, 0) is 9.53 Å². The number of ether oxygens (including phenoxy) is 1. The lowest BCUT2D eigenvalue weighted by Gasteiger charge is -2.09. The van der Waals surface area contributed by atoms with E-state index >= 15 is 0 Å². The van der Waals surface area contributed by atoms with E-state index in [0.29, 0.717) is 13.1 Å². The fourth-order valence-corrected chi connectivity index (χ4v) is 1.44. The van der Waals surface area contributed by atoms with E-state index in [1.54, 1.807) is 0 Å². The first-order valence-corrected chi connectivity index (χ1v) is 3.95. The van der Waals surface area contributed by atoms with E-state index in [1.165, 1.54) is 7.11 Å². The molecule has 4 heteroatoms. The van der Waals surface area contributed by atoms with Crippen LogP contribution >= 0.6 is 0 Å². The van der Waals surface area contributed by atoms with Crippen LogP contribution in [0.5, 0.6) is 0 Å². The van der Waals surface area contributed by atoms with Crippen LogP contribution in [0.3, 0.4) is 0 Å². The van der Waals surface area contributed by atoms with E-state index in [0.717, 1.165) is 13.0 Å². The zero-order valence-electron chi connectivity index (χ0n) is 7.12. The Hall–Kier alpha value is -1.08. The summed E-state index contributed by atoms with van der Waals surface area (Å²) in [7, 11) is 1.40. The highest BCUT2D eigenvalue weighted by atomic mass is 16.5. The van der Waals surface area contributed by atoms with Gasteiger partial charge < -0.3 is 4.74 Å². The smallest absolute Gasteiger partial charge is 0.310 e. The fourth-order valence-electron chi connectivity index (χ4n) is 1.44. The zero-order valence-corrected chi connectivity index (χ0v) is 7.12. The molecule has 0 radical (unpaired) electrons. The minimum atomic E-state index is -0.157. The molecule has 66 valence electrons. The highest BCUT2D eigenvalue weighted by Crippen LogP contribution is 2.16. The van der Waals surface area contributed by atoms with E-state index < -0.39 is 0 Å². The number of nitrogens with zero attached hydrogens (tertiary/aromatic N) is 2. The average molecular weight is 168 g/mol. The monoisotopic (exact) mass is 168 g/mol. The Bertz CT molecular complexity index is 210. The zero-order chi connectivity index (χ0) is 8.97. The maximum Gasteiger partial charge on any atom is 0.310 e. The molecule has 0 amide bonds. The maximum absolute atomic E-state index is 11.0. The Morgan fingerprint density at radius 3 is 3.17 bits per heavy atom. The standard InChI is InChI=1S/C8H12N2O2/c1-12-8(11)7-2-4-10(6-7)5-3-9/h7H,2,4-6H2,1H3. The molecule has 0 aromatic carbocycles. The molecule has 1 heterocycles. The molecule has 0 aliphatic carbocycles. The minimum Gasteiger partial charge on any atom is -0.469 e. The summed E-state index contributed by atoms with van der Waals surface area (Å²) in [6.07, 6.45) is 0.814. The van der Waals surface area contributed by atoms with Crippen molar-refractivity contribution < 1.29 is 9.53 Å². The van der Waals surface area contributed by atoms with E-state index in [1.807, 2.05) is 4.90 Å². The van der Waals surface area contributed by atoms with Gasteiger partial charge in [-0.05, 0) is 6.42 Å². The second-order valence-corrected chi connectivity index (χ2v) is 2.90. The molecule has 1 aliphatic heterocycles.